The average Bonchev–Trinajstić information content (AvgIpc) is 3.00. The van der Waals surface area contributed by atoms with Crippen LogP contribution in [-0.2, 0) is 0 Å². The van der Waals surface area contributed by atoms with E-state index in [1.165, 1.54) is 0 Å². The molecule has 0 radical (unpaired) electrons. The molecule has 1 aliphatic heterocycles. The minimum atomic E-state index is -0.110. The Morgan fingerprint density at radius 2 is 1.96 bits per heavy atom. The van der Waals surface area contributed by atoms with Crippen molar-refractivity contribution >= 4 is 51.7 Å². The number of carbonyl (C=O) groups excluding carboxylic acids is 1. The summed E-state index contributed by atoms with van der Waals surface area (Å²) in [6.07, 6.45) is 0. The Kier molecular flexibility index (Phi) is 4.95. The number of hydrogen-bond donors (Lipinski definition) is 0. The van der Waals surface area contributed by atoms with E-state index in [1.54, 1.807) is 34.9 Å². The molecule has 3 rings (SSSR count). The largest absolute Gasteiger partial charge is 0.286 e. The zero-order valence-corrected chi connectivity index (χ0v) is 14.8. The minimum Gasteiger partial charge on any atom is -0.286 e. The van der Waals surface area contributed by atoms with Crippen molar-refractivity contribution in [1.82, 2.24) is 4.90 Å². The molecule has 118 valence electrons. The first-order valence-corrected chi connectivity index (χ1v) is 8.84. The number of rotatable bonds is 2. The molecular weight excluding hydrogens is 351 g/mol. The summed E-state index contributed by atoms with van der Waals surface area (Å²) in [4.78, 5) is 19.1. The van der Waals surface area contributed by atoms with E-state index >= 15 is 0 Å². The summed E-state index contributed by atoms with van der Waals surface area (Å²) in [5.41, 5.74) is 2.47. The van der Waals surface area contributed by atoms with Crippen molar-refractivity contribution in [3.05, 3.63) is 63.6 Å². The third kappa shape index (κ3) is 3.55. The van der Waals surface area contributed by atoms with Gasteiger partial charge in [0, 0.05) is 17.9 Å². The van der Waals surface area contributed by atoms with Crippen LogP contribution in [0.4, 0.5) is 5.69 Å². The van der Waals surface area contributed by atoms with Crippen LogP contribution in [0.25, 0.3) is 0 Å². The maximum Gasteiger partial charge on any atom is 0.259 e. The van der Waals surface area contributed by atoms with Crippen LogP contribution in [-0.4, -0.2) is 28.3 Å². The number of aryl methyl sites for hydroxylation is 1. The lowest BCUT2D eigenvalue weighted by atomic mass is 10.2. The van der Waals surface area contributed by atoms with Crippen LogP contribution in [0, 0.1) is 6.92 Å². The minimum absolute atomic E-state index is 0.110. The van der Waals surface area contributed by atoms with Crippen LogP contribution in [0.2, 0.25) is 10.0 Å². The lowest BCUT2D eigenvalue weighted by Gasteiger charge is -2.16. The molecule has 23 heavy (non-hydrogen) atoms. The molecule has 0 N–H and O–H groups in total. The van der Waals surface area contributed by atoms with Gasteiger partial charge in [0.05, 0.1) is 15.7 Å². The third-order valence-electron chi connectivity index (χ3n) is 3.52. The fraction of sp³-hybridized carbons (Fsp3) is 0.176. The van der Waals surface area contributed by atoms with E-state index < -0.39 is 0 Å². The smallest absolute Gasteiger partial charge is 0.259 e. The maximum absolute atomic E-state index is 12.7. The molecule has 1 saturated heterocycles. The zero-order chi connectivity index (χ0) is 16.4. The number of amides is 1. The summed E-state index contributed by atoms with van der Waals surface area (Å²) in [5, 5.41) is 1.53. The number of aliphatic imine (C=N–C) groups is 1. The molecule has 1 amide bonds. The number of amidine groups is 1. The second kappa shape index (κ2) is 6.95. The Hall–Kier alpha value is -1.49. The van der Waals surface area contributed by atoms with Gasteiger partial charge in [-0.3, -0.25) is 9.69 Å². The Balaban J connectivity index is 1.90. The topological polar surface area (TPSA) is 32.7 Å². The van der Waals surface area contributed by atoms with Crippen molar-refractivity contribution in [2.24, 2.45) is 4.99 Å². The van der Waals surface area contributed by atoms with Gasteiger partial charge in [-0.05, 0) is 36.8 Å². The van der Waals surface area contributed by atoms with E-state index in [9.17, 15) is 4.79 Å². The number of para-hydroxylation sites is 1. The van der Waals surface area contributed by atoms with Crippen molar-refractivity contribution in [3.8, 4) is 0 Å². The standard InChI is InChI=1S/C17H14Cl2N2OS/c1-11-4-2-3-5-15(11)20-17-21(8-9-23-17)16(22)12-6-7-13(18)14(19)10-12/h2-7,10H,8-9H2,1H3. The van der Waals surface area contributed by atoms with Crippen molar-refractivity contribution in [2.75, 3.05) is 12.3 Å². The van der Waals surface area contributed by atoms with Gasteiger partial charge in [0.25, 0.3) is 5.91 Å². The van der Waals surface area contributed by atoms with E-state index in [0.717, 1.165) is 22.2 Å². The second-order valence-electron chi connectivity index (χ2n) is 5.12. The van der Waals surface area contributed by atoms with Gasteiger partial charge >= 0.3 is 0 Å². The van der Waals surface area contributed by atoms with Crippen LogP contribution < -0.4 is 0 Å². The Labute approximate surface area is 149 Å². The number of nitrogens with zero attached hydrogens (tertiary/aromatic N) is 2. The highest BCUT2D eigenvalue weighted by molar-refractivity contribution is 8.14. The first-order valence-electron chi connectivity index (χ1n) is 7.10. The van der Waals surface area contributed by atoms with Gasteiger partial charge in [0.1, 0.15) is 0 Å². The van der Waals surface area contributed by atoms with Crippen molar-refractivity contribution < 1.29 is 4.79 Å². The van der Waals surface area contributed by atoms with Crippen molar-refractivity contribution in [3.63, 3.8) is 0 Å². The summed E-state index contributed by atoms with van der Waals surface area (Å²) in [6.45, 7) is 2.64. The van der Waals surface area contributed by atoms with E-state index in [-0.39, 0.29) is 5.91 Å². The average molecular weight is 365 g/mol. The normalized spacial score (nSPS) is 16.1. The van der Waals surface area contributed by atoms with Crippen molar-refractivity contribution in [2.45, 2.75) is 6.92 Å². The van der Waals surface area contributed by atoms with E-state index in [0.29, 0.717) is 22.2 Å². The molecule has 0 spiro atoms. The van der Waals surface area contributed by atoms with Crippen LogP contribution in [0.3, 0.4) is 0 Å². The summed E-state index contributed by atoms with van der Waals surface area (Å²) >= 11 is 13.5. The predicted molar refractivity (Wildman–Crippen MR) is 98.2 cm³/mol. The van der Waals surface area contributed by atoms with Gasteiger partial charge in [-0.25, -0.2) is 4.99 Å². The fourth-order valence-electron chi connectivity index (χ4n) is 2.26. The molecule has 6 heteroatoms. The summed E-state index contributed by atoms with van der Waals surface area (Å²) in [5.74, 6) is 0.721. The van der Waals surface area contributed by atoms with Crippen molar-refractivity contribution in [1.29, 1.82) is 0 Å². The van der Waals surface area contributed by atoms with Gasteiger partial charge in [0.15, 0.2) is 5.17 Å². The van der Waals surface area contributed by atoms with E-state index in [1.807, 2.05) is 31.2 Å². The number of thioether (sulfide) groups is 1. The third-order valence-corrected chi connectivity index (χ3v) is 5.22. The highest BCUT2D eigenvalue weighted by Crippen LogP contribution is 2.28. The first-order chi connectivity index (χ1) is 11.1. The van der Waals surface area contributed by atoms with Crippen LogP contribution in [0.1, 0.15) is 15.9 Å². The molecule has 0 aromatic heterocycles. The molecule has 1 fully saturated rings. The van der Waals surface area contributed by atoms with Gasteiger partial charge in [0.2, 0.25) is 0 Å². The van der Waals surface area contributed by atoms with Crippen LogP contribution in [0.15, 0.2) is 47.5 Å². The first kappa shape index (κ1) is 16.4. The van der Waals surface area contributed by atoms with Crippen LogP contribution >= 0.6 is 35.0 Å². The Morgan fingerprint density at radius 3 is 2.70 bits per heavy atom. The lowest BCUT2D eigenvalue weighted by Crippen LogP contribution is -2.31. The second-order valence-corrected chi connectivity index (χ2v) is 6.99. The molecule has 1 aliphatic rings. The molecule has 3 nitrogen and oxygen atoms in total. The molecule has 0 atom stereocenters. The highest BCUT2D eigenvalue weighted by Gasteiger charge is 2.27. The van der Waals surface area contributed by atoms with Crippen LogP contribution in [0.5, 0.6) is 0 Å². The summed E-state index contributed by atoms with van der Waals surface area (Å²) in [6, 6.07) is 12.8. The number of halogens is 2. The fourth-order valence-corrected chi connectivity index (χ4v) is 3.51. The van der Waals surface area contributed by atoms with Gasteiger partial charge in [-0.2, -0.15) is 0 Å². The molecule has 2 aromatic carbocycles. The van der Waals surface area contributed by atoms with Gasteiger partial charge in [-0.1, -0.05) is 53.2 Å². The predicted octanol–water partition coefficient (Wildman–Crippen LogP) is 5.18. The molecule has 0 aliphatic carbocycles. The molecule has 2 aromatic rings. The maximum atomic E-state index is 12.7. The van der Waals surface area contributed by atoms with E-state index in [4.69, 9.17) is 23.2 Å². The molecule has 1 heterocycles. The summed E-state index contributed by atoms with van der Waals surface area (Å²) in [7, 11) is 0. The number of benzene rings is 2. The molecular formula is C17H14Cl2N2OS. The Bertz CT molecular complexity index is 792. The van der Waals surface area contributed by atoms with E-state index in [2.05, 4.69) is 4.99 Å². The lowest BCUT2D eigenvalue weighted by molar-refractivity contribution is 0.0859. The zero-order valence-electron chi connectivity index (χ0n) is 12.4. The monoisotopic (exact) mass is 364 g/mol. The highest BCUT2D eigenvalue weighted by atomic mass is 35.5. The number of hydrogen-bond acceptors (Lipinski definition) is 3. The summed E-state index contributed by atoms with van der Waals surface area (Å²) < 4.78 is 0. The van der Waals surface area contributed by atoms with Gasteiger partial charge in [-0.15, -0.1) is 0 Å². The van der Waals surface area contributed by atoms with Gasteiger partial charge < -0.3 is 0 Å². The SMILES string of the molecule is Cc1ccccc1N=C1SCCN1C(=O)c1ccc(Cl)c(Cl)c1. The molecule has 0 unspecified atom stereocenters. The number of carbonyl (C=O) groups is 1. The molecule has 0 saturated carbocycles. The Morgan fingerprint density at radius 1 is 1.17 bits per heavy atom. The molecule has 0 bridgehead atoms. The quantitative estimate of drug-likeness (QED) is 0.735.